The lowest BCUT2D eigenvalue weighted by atomic mass is 9.86. The first-order chi connectivity index (χ1) is 9.35. The monoisotopic (exact) mass is 274 g/mol. The molecule has 3 nitrogen and oxygen atoms in total. The van der Waals surface area contributed by atoms with Crippen molar-refractivity contribution in [3.05, 3.63) is 45.9 Å². The van der Waals surface area contributed by atoms with Crippen LogP contribution >= 0.6 is 11.3 Å². The van der Waals surface area contributed by atoms with Crippen LogP contribution in [0.4, 0.5) is 5.69 Å². The molecule has 0 saturated heterocycles. The van der Waals surface area contributed by atoms with Crippen LogP contribution in [0.3, 0.4) is 0 Å². The van der Waals surface area contributed by atoms with Gasteiger partial charge in [0.2, 0.25) is 0 Å². The Balaban J connectivity index is 1.60. The van der Waals surface area contributed by atoms with Crippen molar-refractivity contribution in [3.63, 3.8) is 0 Å². The summed E-state index contributed by atoms with van der Waals surface area (Å²) in [5.41, 5.74) is 1.98. The minimum atomic E-state index is 0.0852. The fourth-order valence-corrected chi connectivity index (χ4v) is 3.24. The van der Waals surface area contributed by atoms with E-state index in [1.165, 1.54) is 29.1 Å². The number of benzene rings is 1. The Kier molecular flexibility index (Phi) is 3.80. The molecule has 0 spiro atoms. The summed E-state index contributed by atoms with van der Waals surface area (Å²) in [6.45, 7) is 0.890. The molecule has 0 aliphatic heterocycles. The average molecular weight is 274 g/mol. The lowest BCUT2D eigenvalue weighted by Crippen LogP contribution is -2.07. The maximum atomic E-state index is 9.11. The number of aliphatic hydroxyl groups is 1. The zero-order valence-corrected chi connectivity index (χ0v) is 11.6. The molecule has 19 heavy (non-hydrogen) atoms. The van der Waals surface area contributed by atoms with Gasteiger partial charge in [-0.05, 0) is 30.5 Å². The topological polar surface area (TPSA) is 45.1 Å². The Morgan fingerprint density at radius 3 is 3.00 bits per heavy atom. The van der Waals surface area contributed by atoms with Crippen LogP contribution in [0, 0.1) is 0 Å². The van der Waals surface area contributed by atoms with Gasteiger partial charge in [0.25, 0.3) is 0 Å². The predicted octanol–water partition coefficient (Wildman–Crippen LogP) is 3.52. The van der Waals surface area contributed by atoms with E-state index in [4.69, 9.17) is 5.11 Å². The van der Waals surface area contributed by atoms with Crippen molar-refractivity contribution < 1.29 is 5.11 Å². The van der Waals surface area contributed by atoms with E-state index in [-0.39, 0.29) is 6.61 Å². The van der Waals surface area contributed by atoms with Crippen LogP contribution in [0.2, 0.25) is 0 Å². The summed E-state index contributed by atoms with van der Waals surface area (Å²) >= 11 is 1.82. The van der Waals surface area contributed by atoms with Crippen molar-refractivity contribution in [1.82, 2.24) is 4.98 Å². The molecule has 2 N–H and O–H groups in total. The van der Waals surface area contributed by atoms with Crippen molar-refractivity contribution in [3.8, 4) is 0 Å². The fourth-order valence-electron chi connectivity index (χ4n) is 2.22. The van der Waals surface area contributed by atoms with Crippen molar-refractivity contribution in [2.75, 3.05) is 5.32 Å². The summed E-state index contributed by atoms with van der Waals surface area (Å²) in [7, 11) is 0. The Hall–Kier alpha value is -1.39. The quantitative estimate of drug-likeness (QED) is 0.877. The average Bonchev–Trinajstić information content (AvgIpc) is 2.83. The molecule has 1 heterocycles. The fraction of sp³-hybridized carbons (Fsp3) is 0.400. The van der Waals surface area contributed by atoms with E-state index >= 15 is 0 Å². The minimum absolute atomic E-state index is 0.0852. The third-order valence-electron chi connectivity index (χ3n) is 3.60. The summed E-state index contributed by atoms with van der Waals surface area (Å²) in [6.07, 6.45) is 5.95. The highest BCUT2D eigenvalue weighted by Gasteiger charge is 2.22. The molecule has 4 heteroatoms. The Labute approximate surface area is 117 Å². The highest BCUT2D eigenvalue weighted by molar-refractivity contribution is 7.11. The van der Waals surface area contributed by atoms with Crippen LogP contribution in [-0.2, 0) is 13.2 Å². The van der Waals surface area contributed by atoms with Crippen LogP contribution in [-0.4, -0.2) is 10.1 Å². The zero-order chi connectivity index (χ0) is 13.1. The van der Waals surface area contributed by atoms with E-state index in [2.05, 4.69) is 10.3 Å². The van der Waals surface area contributed by atoms with Crippen LogP contribution in [0.15, 0.2) is 30.5 Å². The number of aliphatic hydroxyl groups excluding tert-OH is 1. The molecule has 1 aromatic heterocycles. The van der Waals surface area contributed by atoms with Crippen molar-refractivity contribution >= 4 is 17.0 Å². The van der Waals surface area contributed by atoms with Gasteiger partial charge in [0, 0.05) is 22.7 Å². The number of rotatable bonds is 5. The lowest BCUT2D eigenvalue weighted by molar-refractivity contribution is 0.282. The molecule has 1 aromatic carbocycles. The second-order valence-corrected chi connectivity index (χ2v) is 6.15. The van der Waals surface area contributed by atoms with Crippen LogP contribution in [0.1, 0.15) is 40.6 Å². The normalized spacial score (nSPS) is 15.2. The Bertz CT molecular complexity index is 549. The highest BCUT2D eigenvalue weighted by atomic mass is 32.1. The summed E-state index contributed by atoms with van der Waals surface area (Å²) in [5, 5.41) is 13.8. The largest absolute Gasteiger partial charge is 0.392 e. The highest BCUT2D eigenvalue weighted by Crippen LogP contribution is 2.38. The first-order valence-electron chi connectivity index (χ1n) is 6.73. The van der Waals surface area contributed by atoms with E-state index in [1.54, 1.807) is 0 Å². The van der Waals surface area contributed by atoms with E-state index in [1.807, 2.05) is 41.8 Å². The van der Waals surface area contributed by atoms with Gasteiger partial charge in [-0.3, -0.25) is 0 Å². The minimum Gasteiger partial charge on any atom is -0.392 e. The zero-order valence-electron chi connectivity index (χ0n) is 10.8. The van der Waals surface area contributed by atoms with Gasteiger partial charge in [-0.15, -0.1) is 11.3 Å². The van der Waals surface area contributed by atoms with Gasteiger partial charge in [-0.25, -0.2) is 4.98 Å². The number of nitrogens with zero attached hydrogens (tertiary/aromatic N) is 1. The van der Waals surface area contributed by atoms with Crippen molar-refractivity contribution in [2.45, 2.75) is 38.3 Å². The number of anilines is 1. The second kappa shape index (κ2) is 5.72. The first-order valence-corrected chi connectivity index (χ1v) is 7.55. The van der Waals surface area contributed by atoms with Gasteiger partial charge in [0.05, 0.1) is 18.2 Å². The summed E-state index contributed by atoms with van der Waals surface area (Å²) in [4.78, 5) is 5.80. The molecule has 0 bridgehead atoms. The predicted molar refractivity (Wildman–Crippen MR) is 78.4 cm³/mol. The molecule has 2 aromatic rings. The van der Waals surface area contributed by atoms with Crippen molar-refractivity contribution in [2.24, 2.45) is 0 Å². The molecule has 0 radical (unpaired) electrons. The molecule has 0 atom stereocenters. The Morgan fingerprint density at radius 2 is 2.26 bits per heavy atom. The molecule has 1 aliphatic rings. The van der Waals surface area contributed by atoms with Gasteiger partial charge in [0.1, 0.15) is 0 Å². The van der Waals surface area contributed by atoms with Crippen LogP contribution in [0.5, 0.6) is 0 Å². The Morgan fingerprint density at radius 1 is 1.37 bits per heavy atom. The van der Waals surface area contributed by atoms with E-state index in [0.29, 0.717) is 0 Å². The SMILES string of the molecule is OCc1cccc(NCc2cnc(C3CCC3)s2)c1. The van der Waals surface area contributed by atoms with Gasteiger partial charge < -0.3 is 10.4 Å². The third kappa shape index (κ3) is 2.96. The van der Waals surface area contributed by atoms with Gasteiger partial charge in [0.15, 0.2) is 0 Å². The first kappa shape index (κ1) is 12.6. The summed E-state index contributed by atoms with van der Waals surface area (Å²) < 4.78 is 0. The van der Waals surface area contributed by atoms with E-state index in [0.717, 1.165) is 23.7 Å². The third-order valence-corrected chi connectivity index (χ3v) is 4.76. The maximum Gasteiger partial charge on any atom is 0.0959 e. The molecule has 3 rings (SSSR count). The van der Waals surface area contributed by atoms with Gasteiger partial charge >= 0.3 is 0 Å². The molecule has 1 aliphatic carbocycles. The summed E-state index contributed by atoms with van der Waals surface area (Å²) in [6, 6.07) is 7.88. The number of nitrogens with one attached hydrogen (secondary N) is 1. The van der Waals surface area contributed by atoms with Gasteiger partial charge in [-0.2, -0.15) is 0 Å². The molecule has 1 fully saturated rings. The van der Waals surface area contributed by atoms with Crippen LogP contribution < -0.4 is 5.32 Å². The molecule has 100 valence electrons. The van der Waals surface area contributed by atoms with Crippen LogP contribution in [0.25, 0.3) is 0 Å². The van der Waals surface area contributed by atoms with Crippen molar-refractivity contribution in [1.29, 1.82) is 0 Å². The maximum absolute atomic E-state index is 9.11. The number of hydrogen-bond donors (Lipinski definition) is 2. The van der Waals surface area contributed by atoms with E-state index in [9.17, 15) is 0 Å². The molecule has 0 amide bonds. The lowest BCUT2D eigenvalue weighted by Gasteiger charge is -2.22. The second-order valence-electron chi connectivity index (χ2n) is 5.00. The number of thiazole rings is 1. The summed E-state index contributed by atoms with van der Waals surface area (Å²) in [5.74, 6) is 0.719. The molecular weight excluding hydrogens is 256 g/mol. The smallest absolute Gasteiger partial charge is 0.0959 e. The molecule has 1 saturated carbocycles. The van der Waals surface area contributed by atoms with E-state index < -0.39 is 0 Å². The molecule has 0 unspecified atom stereocenters. The molecular formula is C15H18N2OS. The number of aromatic nitrogens is 1. The standard InChI is InChI=1S/C15H18N2OS/c18-10-11-3-1-6-13(7-11)16-8-14-9-17-15(19-14)12-4-2-5-12/h1,3,6-7,9,12,16,18H,2,4-5,8,10H2. The van der Waals surface area contributed by atoms with Gasteiger partial charge in [-0.1, -0.05) is 18.6 Å². The number of hydrogen-bond acceptors (Lipinski definition) is 4.